The maximum atomic E-state index is 13.4. The second-order valence-corrected chi connectivity index (χ2v) is 14.4. The van der Waals surface area contributed by atoms with Gasteiger partial charge in [0.05, 0.1) is 13.2 Å². The molecule has 8 nitrogen and oxygen atoms in total. The molecule has 8 heteroatoms. The monoisotopic (exact) mass is 631 g/mol. The second-order valence-electron chi connectivity index (χ2n) is 14.4. The Bertz CT molecular complexity index is 679. The Balaban J connectivity index is 5.33. The lowest BCUT2D eigenvalue weighted by atomic mass is 10.0. The Morgan fingerprint density at radius 1 is 0.432 bits per heavy atom. The maximum Gasteiger partial charge on any atom is 0.374 e. The molecule has 0 amide bonds. The summed E-state index contributed by atoms with van der Waals surface area (Å²) in [5, 5.41) is 23.3. The molecule has 0 aromatic carbocycles. The van der Waals surface area contributed by atoms with Crippen molar-refractivity contribution in [2.45, 2.75) is 207 Å². The highest BCUT2D eigenvalue weighted by atomic mass is 16.8. The summed E-state index contributed by atoms with van der Waals surface area (Å²) in [5.74, 6) is -8.82. The predicted molar refractivity (Wildman–Crippen MR) is 177 cm³/mol. The molecule has 0 saturated carbocycles. The van der Waals surface area contributed by atoms with E-state index < -0.39 is 34.7 Å². The molecule has 0 saturated heterocycles. The molecule has 0 aromatic rings. The Morgan fingerprint density at radius 3 is 0.886 bits per heavy atom. The van der Waals surface area contributed by atoms with Gasteiger partial charge in [-0.3, -0.25) is 0 Å². The van der Waals surface area contributed by atoms with E-state index >= 15 is 0 Å². The van der Waals surface area contributed by atoms with E-state index in [1.807, 2.05) is 0 Å². The molecule has 2 N–H and O–H groups in total. The van der Waals surface area contributed by atoms with Crippen LogP contribution >= 0.6 is 0 Å². The molecule has 0 radical (unpaired) electrons. The summed E-state index contributed by atoms with van der Waals surface area (Å²) in [6, 6.07) is 0. The molecule has 0 aromatic heterocycles. The Labute approximate surface area is 270 Å². The van der Waals surface area contributed by atoms with Gasteiger partial charge in [0.25, 0.3) is 0 Å². The van der Waals surface area contributed by atoms with E-state index in [4.69, 9.17) is 18.9 Å². The largest absolute Gasteiger partial charge is 0.456 e. The van der Waals surface area contributed by atoms with Crippen molar-refractivity contribution in [2.75, 3.05) is 13.2 Å². The van der Waals surface area contributed by atoms with Crippen LogP contribution in [0.25, 0.3) is 0 Å². The molecule has 2 unspecified atom stereocenters. The van der Waals surface area contributed by atoms with Crippen LogP contribution in [0.15, 0.2) is 0 Å². The molecule has 0 rings (SSSR count). The van der Waals surface area contributed by atoms with Crippen LogP contribution in [0.5, 0.6) is 0 Å². The highest BCUT2D eigenvalue weighted by Gasteiger charge is 2.66. The number of hydrogen-bond acceptors (Lipinski definition) is 8. The van der Waals surface area contributed by atoms with Crippen molar-refractivity contribution >= 4 is 11.9 Å². The van der Waals surface area contributed by atoms with Crippen LogP contribution in [0, 0.1) is 0 Å². The average Bonchev–Trinajstić information content (AvgIpc) is 2.92. The van der Waals surface area contributed by atoms with Crippen LogP contribution < -0.4 is 0 Å². The summed E-state index contributed by atoms with van der Waals surface area (Å²) in [7, 11) is 0. The molecule has 0 bridgehead atoms. The van der Waals surface area contributed by atoms with E-state index in [1.165, 1.54) is 77.0 Å². The normalized spacial score (nSPS) is 15.0. The molecule has 0 aliphatic rings. The molecule has 0 aliphatic carbocycles. The number of hydrogen-bond donors (Lipinski definition) is 2. The molecule has 44 heavy (non-hydrogen) atoms. The van der Waals surface area contributed by atoms with Crippen LogP contribution in [-0.4, -0.2) is 58.1 Å². The predicted octanol–water partition coefficient (Wildman–Crippen LogP) is 8.92. The summed E-state index contributed by atoms with van der Waals surface area (Å²) in [6.07, 6.45) is 21.9. The first kappa shape index (κ1) is 42.8. The van der Waals surface area contributed by atoms with E-state index in [2.05, 4.69) is 13.8 Å². The third-order valence-electron chi connectivity index (χ3n) is 7.43. The lowest BCUT2D eigenvalue weighted by molar-refractivity contribution is -0.366. The smallest absolute Gasteiger partial charge is 0.374 e. The van der Waals surface area contributed by atoms with Crippen LogP contribution in [0.1, 0.15) is 184 Å². The van der Waals surface area contributed by atoms with Crippen molar-refractivity contribution in [1.82, 2.24) is 0 Å². The molecular weight excluding hydrogens is 560 g/mol. The molecule has 0 heterocycles. The van der Waals surface area contributed by atoms with Crippen molar-refractivity contribution < 1.29 is 38.7 Å². The van der Waals surface area contributed by atoms with Crippen molar-refractivity contribution in [1.29, 1.82) is 0 Å². The van der Waals surface area contributed by atoms with Gasteiger partial charge < -0.3 is 29.2 Å². The molecule has 262 valence electrons. The summed E-state index contributed by atoms with van der Waals surface area (Å²) in [4.78, 5) is 26.7. The number of rotatable bonds is 27. The van der Waals surface area contributed by atoms with Gasteiger partial charge in [-0.15, -0.1) is 0 Å². The summed E-state index contributed by atoms with van der Waals surface area (Å²) < 4.78 is 22.2. The lowest BCUT2D eigenvalue weighted by Crippen LogP contribution is -2.68. The Hall–Kier alpha value is -1.22. The minimum absolute atomic E-state index is 0.0705. The fourth-order valence-corrected chi connectivity index (χ4v) is 4.90. The number of aliphatic hydroxyl groups is 2. The van der Waals surface area contributed by atoms with Crippen molar-refractivity contribution in [3.05, 3.63) is 0 Å². The van der Waals surface area contributed by atoms with Gasteiger partial charge >= 0.3 is 23.5 Å². The van der Waals surface area contributed by atoms with Crippen LogP contribution in [-0.2, 0) is 28.5 Å². The Kier molecular flexibility index (Phi) is 22.5. The number of carbonyl (C=O) groups is 2. The molecule has 2 atom stereocenters. The van der Waals surface area contributed by atoms with Crippen molar-refractivity contribution in [3.63, 3.8) is 0 Å². The quantitative estimate of drug-likeness (QED) is 0.0526. The lowest BCUT2D eigenvalue weighted by Gasteiger charge is -2.40. The van der Waals surface area contributed by atoms with Gasteiger partial charge in [0.1, 0.15) is 11.2 Å². The third-order valence-corrected chi connectivity index (χ3v) is 7.43. The molecule has 0 aliphatic heterocycles. The SMILES string of the molecule is CCCCCCCCCCCCOC(O)(C(=O)OC(C)(C)C)C(O)(OCCCCCCCCCCCC)C(=O)OC(C)(C)C. The van der Waals surface area contributed by atoms with Gasteiger partial charge in [-0.2, -0.15) is 0 Å². The average molecular weight is 631 g/mol. The van der Waals surface area contributed by atoms with Gasteiger partial charge in [-0.1, -0.05) is 129 Å². The first-order chi connectivity index (χ1) is 20.6. The number of unbranched alkanes of at least 4 members (excludes halogenated alkanes) is 18. The summed E-state index contributed by atoms with van der Waals surface area (Å²) >= 11 is 0. The molecular formula is C36H70O8. The third kappa shape index (κ3) is 19.3. The second kappa shape index (κ2) is 23.2. The fourth-order valence-electron chi connectivity index (χ4n) is 4.90. The fraction of sp³-hybridized carbons (Fsp3) is 0.944. The highest BCUT2D eigenvalue weighted by molar-refractivity contribution is 5.90. The minimum Gasteiger partial charge on any atom is -0.456 e. The first-order valence-corrected chi connectivity index (χ1v) is 17.8. The number of carbonyl (C=O) groups excluding carboxylic acids is 2. The van der Waals surface area contributed by atoms with Crippen LogP contribution in [0.3, 0.4) is 0 Å². The zero-order valence-corrected chi connectivity index (χ0v) is 29.9. The van der Waals surface area contributed by atoms with E-state index in [9.17, 15) is 19.8 Å². The zero-order valence-electron chi connectivity index (χ0n) is 29.9. The van der Waals surface area contributed by atoms with E-state index in [0.29, 0.717) is 12.8 Å². The van der Waals surface area contributed by atoms with E-state index in [-0.39, 0.29) is 13.2 Å². The standard InChI is InChI=1S/C36H70O8/c1-9-11-13-15-17-19-21-23-25-27-29-41-35(39,31(37)43-33(3,4)5)36(40,32(38)44-34(6,7)8)42-30-28-26-24-22-20-18-16-14-12-10-2/h39-40H,9-30H2,1-8H3. The van der Waals surface area contributed by atoms with Gasteiger partial charge in [-0.25, -0.2) is 9.59 Å². The van der Waals surface area contributed by atoms with Crippen LogP contribution in [0.2, 0.25) is 0 Å². The topological polar surface area (TPSA) is 112 Å². The number of esters is 2. The highest BCUT2D eigenvalue weighted by Crippen LogP contribution is 2.33. The van der Waals surface area contributed by atoms with Gasteiger partial charge in [0, 0.05) is 0 Å². The summed E-state index contributed by atoms with van der Waals surface area (Å²) in [5.41, 5.74) is -2.03. The maximum absolute atomic E-state index is 13.4. The van der Waals surface area contributed by atoms with E-state index in [0.717, 1.165) is 38.5 Å². The number of ether oxygens (including phenoxy) is 4. The van der Waals surface area contributed by atoms with Crippen molar-refractivity contribution in [3.8, 4) is 0 Å². The van der Waals surface area contributed by atoms with Gasteiger partial charge in [0.15, 0.2) is 0 Å². The van der Waals surface area contributed by atoms with E-state index in [1.54, 1.807) is 41.5 Å². The molecule has 0 fully saturated rings. The Morgan fingerprint density at radius 2 is 0.659 bits per heavy atom. The van der Waals surface area contributed by atoms with Crippen molar-refractivity contribution in [2.24, 2.45) is 0 Å². The van der Waals surface area contributed by atoms with Gasteiger partial charge in [0.2, 0.25) is 0 Å². The molecule has 0 spiro atoms. The summed E-state index contributed by atoms with van der Waals surface area (Å²) in [6.45, 7) is 14.1. The minimum atomic E-state index is -3.11. The van der Waals surface area contributed by atoms with Gasteiger partial charge in [-0.05, 0) is 54.4 Å². The van der Waals surface area contributed by atoms with Crippen LogP contribution in [0.4, 0.5) is 0 Å². The first-order valence-electron chi connectivity index (χ1n) is 17.8. The zero-order chi connectivity index (χ0) is 33.5.